The smallest absolute Gasteiger partial charge is 0.220 e. The van der Waals surface area contributed by atoms with Crippen molar-refractivity contribution >= 4 is 23.1 Å². The van der Waals surface area contributed by atoms with E-state index in [1.54, 1.807) is 0 Å². The molecule has 0 bridgehead atoms. The summed E-state index contributed by atoms with van der Waals surface area (Å²) in [4.78, 5) is 12.6. The van der Waals surface area contributed by atoms with E-state index in [0.29, 0.717) is 17.3 Å². The fourth-order valence-corrected chi connectivity index (χ4v) is 3.34. The number of rotatable bonds is 9. The third kappa shape index (κ3) is 6.33. The van der Waals surface area contributed by atoms with Crippen LogP contribution in [0.2, 0.25) is 0 Å². The fraction of sp³-hybridized carbons (Fsp3) is 0.882. The Morgan fingerprint density at radius 1 is 1.19 bits per heavy atom. The molecule has 122 valence electrons. The summed E-state index contributed by atoms with van der Waals surface area (Å²) in [5.41, 5.74) is 5.51. The molecule has 0 unspecified atom stereocenters. The van der Waals surface area contributed by atoms with Gasteiger partial charge in [-0.2, -0.15) is 0 Å². The summed E-state index contributed by atoms with van der Waals surface area (Å²) in [6.07, 6.45) is 11.8. The van der Waals surface area contributed by atoms with Crippen molar-refractivity contribution in [1.82, 2.24) is 5.32 Å². The Morgan fingerprint density at radius 2 is 1.76 bits per heavy atom. The molecule has 0 atom stereocenters. The molecule has 0 aliphatic heterocycles. The van der Waals surface area contributed by atoms with Crippen molar-refractivity contribution in [1.29, 1.82) is 0 Å². The molecule has 21 heavy (non-hydrogen) atoms. The van der Waals surface area contributed by atoms with Crippen LogP contribution in [0.3, 0.4) is 0 Å². The molecule has 3 nitrogen and oxygen atoms in total. The molecule has 1 aliphatic rings. The van der Waals surface area contributed by atoms with E-state index >= 15 is 0 Å². The third-order valence-corrected chi connectivity index (χ3v) is 5.13. The average Bonchev–Trinajstić information content (AvgIpc) is 2.45. The highest BCUT2D eigenvalue weighted by atomic mass is 32.1. The van der Waals surface area contributed by atoms with E-state index in [0.717, 1.165) is 38.5 Å². The summed E-state index contributed by atoms with van der Waals surface area (Å²) in [5, 5.41) is 3.15. The van der Waals surface area contributed by atoms with Crippen molar-refractivity contribution in [3.05, 3.63) is 0 Å². The van der Waals surface area contributed by atoms with E-state index in [1.807, 2.05) is 0 Å². The molecule has 1 rings (SSSR count). The van der Waals surface area contributed by atoms with Crippen molar-refractivity contribution in [2.75, 3.05) is 0 Å². The van der Waals surface area contributed by atoms with Crippen LogP contribution in [0.1, 0.15) is 84.5 Å². The zero-order chi connectivity index (χ0) is 15.7. The maximum absolute atomic E-state index is 12.2. The first-order valence-corrected chi connectivity index (χ1v) is 9.02. The summed E-state index contributed by atoms with van der Waals surface area (Å²) in [6, 6.07) is 0. The second-order valence-electron chi connectivity index (χ2n) is 6.69. The van der Waals surface area contributed by atoms with Gasteiger partial charge in [-0.05, 0) is 38.0 Å². The van der Waals surface area contributed by atoms with E-state index in [2.05, 4.69) is 19.2 Å². The van der Waals surface area contributed by atoms with Gasteiger partial charge in [0.15, 0.2) is 0 Å². The van der Waals surface area contributed by atoms with Crippen molar-refractivity contribution in [2.45, 2.75) is 90.0 Å². The molecular weight excluding hydrogens is 280 g/mol. The first-order valence-electron chi connectivity index (χ1n) is 8.61. The number of amides is 1. The maximum Gasteiger partial charge on any atom is 0.220 e. The van der Waals surface area contributed by atoms with Crippen LogP contribution in [0.25, 0.3) is 0 Å². The van der Waals surface area contributed by atoms with Gasteiger partial charge >= 0.3 is 0 Å². The first kappa shape index (κ1) is 18.4. The minimum absolute atomic E-state index is 0.118. The van der Waals surface area contributed by atoms with Crippen LogP contribution in [0.15, 0.2) is 0 Å². The van der Waals surface area contributed by atoms with Crippen LogP contribution in [-0.4, -0.2) is 16.4 Å². The molecule has 0 aromatic heterocycles. The van der Waals surface area contributed by atoms with Gasteiger partial charge in [-0.25, -0.2) is 0 Å². The van der Waals surface area contributed by atoms with Gasteiger partial charge in [0.2, 0.25) is 5.91 Å². The van der Waals surface area contributed by atoms with Gasteiger partial charge in [-0.1, -0.05) is 58.2 Å². The molecule has 0 saturated heterocycles. The molecule has 4 heteroatoms. The van der Waals surface area contributed by atoms with Crippen molar-refractivity contribution < 1.29 is 4.79 Å². The molecule has 1 amide bonds. The van der Waals surface area contributed by atoms with Crippen molar-refractivity contribution in [3.8, 4) is 0 Å². The number of nitrogens with one attached hydrogen (secondary N) is 1. The van der Waals surface area contributed by atoms with E-state index in [4.69, 9.17) is 18.0 Å². The zero-order valence-electron chi connectivity index (χ0n) is 13.7. The van der Waals surface area contributed by atoms with Gasteiger partial charge in [0.1, 0.15) is 0 Å². The van der Waals surface area contributed by atoms with Crippen LogP contribution in [0.5, 0.6) is 0 Å². The third-order valence-electron chi connectivity index (χ3n) is 4.74. The van der Waals surface area contributed by atoms with E-state index in [-0.39, 0.29) is 5.91 Å². The molecule has 3 N–H and O–H groups in total. The van der Waals surface area contributed by atoms with E-state index < -0.39 is 5.54 Å². The predicted octanol–water partition coefficient (Wildman–Crippen LogP) is 4.09. The van der Waals surface area contributed by atoms with Gasteiger partial charge < -0.3 is 11.1 Å². The maximum atomic E-state index is 12.2. The molecular formula is C17H32N2OS. The highest BCUT2D eigenvalue weighted by Gasteiger charge is 2.37. The molecule has 1 fully saturated rings. The topological polar surface area (TPSA) is 55.1 Å². The minimum Gasteiger partial charge on any atom is -0.391 e. The fourth-order valence-electron chi connectivity index (χ4n) is 3.08. The minimum atomic E-state index is -0.416. The quantitative estimate of drug-likeness (QED) is 0.498. The molecule has 0 aromatic carbocycles. The zero-order valence-corrected chi connectivity index (χ0v) is 14.6. The normalized spacial score (nSPS) is 25.5. The lowest BCUT2D eigenvalue weighted by Gasteiger charge is -2.39. The second kappa shape index (κ2) is 9.39. The van der Waals surface area contributed by atoms with Gasteiger partial charge in [0.05, 0.1) is 10.5 Å². The molecule has 0 heterocycles. The van der Waals surface area contributed by atoms with Gasteiger partial charge in [-0.15, -0.1) is 0 Å². The number of unbranched alkanes of at least 4 members (excludes halogenated alkanes) is 5. The Hall–Kier alpha value is -0.640. The average molecular weight is 313 g/mol. The lowest BCUT2D eigenvalue weighted by atomic mass is 9.77. The number of hydrogen-bond donors (Lipinski definition) is 2. The predicted molar refractivity (Wildman–Crippen MR) is 93.3 cm³/mol. The van der Waals surface area contributed by atoms with Gasteiger partial charge in [-0.3, -0.25) is 4.79 Å². The first-order chi connectivity index (χ1) is 10.00. The van der Waals surface area contributed by atoms with Crippen LogP contribution in [-0.2, 0) is 4.79 Å². The number of nitrogens with two attached hydrogens (primary N) is 1. The SMILES string of the molecule is CCCCCCCCC(=O)NC1(C(N)=S)CCC(C)CC1. The van der Waals surface area contributed by atoms with Crippen molar-refractivity contribution in [3.63, 3.8) is 0 Å². The molecule has 1 saturated carbocycles. The highest BCUT2D eigenvalue weighted by molar-refractivity contribution is 7.80. The Labute approximate surface area is 135 Å². The molecule has 0 radical (unpaired) electrons. The van der Waals surface area contributed by atoms with Crippen LogP contribution in [0, 0.1) is 5.92 Å². The van der Waals surface area contributed by atoms with Crippen LogP contribution in [0.4, 0.5) is 0 Å². The summed E-state index contributed by atoms with van der Waals surface area (Å²) >= 11 is 5.23. The van der Waals surface area contributed by atoms with Crippen LogP contribution < -0.4 is 11.1 Å². The summed E-state index contributed by atoms with van der Waals surface area (Å²) in [6.45, 7) is 4.47. The standard InChI is InChI=1S/C17H32N2OS/c1-3-4-5-6-7-8-9-15(20)19-17(16(18)21)12-10-14(2)11-13-17/h14H,3-13H2,1-2H3,(H2,18,21)(H,19,20). The van der Waals surface area contributed by atoms with E-state index in [9.17, 15) is 4.79 Å². The Kier molecular flexibility index (Phi) is 8.23. The van der Waals surface area contributed by atoms with Gasteiger partial charge in [0, 0.05) is 6.42 Å². The number of hydrogen-bond acceptors (Lipinski definition) is 2. The Bertz CT molecular complexity index is 336. The van der Waals surface area contributed by atoms with Crippen molar-refractivity contribution in [2.24, 2.45) is 11.7 Å². The molecule has 0 spiro atoms. The summed E-state index contributed by atoms with van der Waals surface area (Å²) in [5.74, 6) is 0.829. The molecule has 0 aromatic rings. The second-order valence-corrected chi connectivity index (χ2v) is 7.13. The highest BCUT2D eigenvalue weighted by Crippen LogP contribution is 2.32. The Morgan fingerprint density at radius 3 is 2.33 bits per heavy atom. The number of carbonyl (C=O) groups is 1. The van der Waals surface area contributed by atoms with Gasteiger partial charge in [0.25, 0.3) is 0 Å². The largest absolute Gasteiger partial charge is 0.391 e. The lowest BCUT2D eigenvalue weighted by Crippen LogP contribution is -2.58. The molecule has 1 aliphatic carbocycles. The van der Waals surface area contributed by atoms with Crippen LogP contribution >= 0.6 is 12.2 Å². The van der Waals surface area contributed by atoms with E-state index in [1.165, 1.54) is 25.7 Å². The number of thiocarbonyl (C=S) groups is 1. The Balaban J connectivity index is 2.31. The summed E-state index contributed by atoms with van der Waals surface area (Å²) in [7, 11) is 0. The summed E-state index contributed by atoms with van der Waals surface area (Å²) < 4.78 is 0. The number of carbonyl (C=O) groups excluding carboxylic acids is 1. The lowest BCUT2D eigenvalue weighted by molar-refractivity contribution is -0.122. The monoisotopic (exact) mass is 312 g/mol.